The molecule has 0 aliphatic carbocycles. The van der Waals surface area contributed by atoms with Crippen molar-refractivity contribution >= 4 is 41.0 Å². The van der Waals surface area contributed by atoms with Crippen molar-refractivity contribution in [2.75, 3.05) is 39.3 Å². The summed E-state index contributed by atoms with van der Waals surface area (Å²) in [6.07, 6.45) is 0. The molecule has 8 nitrogen and oxygen atoms in total. The zero-order chi connectivity index (χ0) is 36.6. The molecule has 2 unspecified atom stereocenters. The van der Waals surface area contributed by atoms with Gasteiger partial charge in [-0.3, -0.25) is 19.6 Å². The number of piperazine rings is 1. The molecule has 50 heavy (non-hydrogen) atoms. The number of nitrogens with zero attached hydrogens (tertiary/aromatic N) is 4. The van der Waals surface area contributed by atoms with Gasteiger partial charge in [0, 0.05) is 36.2 Å². The van der Waals surface area contributed by atoms with Crippen LogP contribution < -0.4 is 4.74 Å². The highest BCUT2D eigenvalue weighted by Gasteiger charge is 2.60. The van der Waals surface area contributed by atoms with Crippen molar-refractivity contribution < 1.29 is 19.1 Å². The van der Waals surface area contributed by atoms with E-state index in [4.69, 9.17) is 37.7 Å². The third-order valence-corrected chi connectivity index (χ3v) is 10.2. The van der Waals surface area contributed by atoms with Gasteiger partial charge in [-0.25, -0.2) is 4.79 Å². The number of halogens is 2. The standard InChI is InChI=1S/C40H50Cl2N4O4/c1-10-49-33-25-29(37(2,3)4)15-20-32(33)35-43-39(8,27-11-16-30(41)17-12-27)40(9,28-13-18-31(42)19-14-28)46(35)36(48)45-23-21-44(22-24-45)26-34(47)50-38(5,6)7/h11-20,25H,10,21-24,26H2,1-9H3. The summed E-state index contributed by atoms with van der Waals surface area (Å²) in [6.45, 7) is 20.7. The van der Waals surface area contributed by atoms with Crippen LogP contribution in [0.1, 0.15) is 84.6 Å². The van der Waals surface area contributed by atoms with Crippen molar-refractivity contribution in [3.05, 3.63) is 99.0 Å². The van der Waals surface area contributed by atoms with Crippen molar-refractivity contribution in [1.29, 1.82) is 0 Å². The molecule has 0 spiro atoms. The van der Waals surface area contributed by atoms with Gasteiger partial charge in [-0.2, -0.15) is 0 Å². The fraction of sp³-hybridized carbons (Fsp3) is 0.475. The predicted octanol–water partition coefficient (Wildman–Crippen LogP) is 8.66. The summed E-state index contributed by atoms with van der Waals surface area (Å²) < 4.78 is 11.9. The fourth-order valence-corrected chi connectivity index (χ4v) is 7.06. The van der Waals surface area contributed by atoms with Crippen LogP contribution >= 0.6 is 23.2 Å². The first-order valence-corrected chi connectivity index (χ1v) is 18.1. The Morgan fingerprint density at radius 2 is 1.38 bits per heavy atom. The van der Waals surface area contributed by atoms with Gasteiger partial charge in [-0.05, 0) is 100 Å². The molecule has 0 radical (unpaired) electrons. The second-order valence-corrected chi connectivity index (χ2v) is 16.3. The Kier molecular flexibility index (Phi) is 10.7. The number of carbonyl (C=O) groups excluding carboxylic acids is 2. The first kappa shape index (κ1) is 37.7. The molecule has 5 rings (SSSR count). The lowest BCUT2D eigenvalue weighted by Crippen LogP contribution is -2.61. The summed E-state index contributed by atoms with van der Waals surface area (Å²) in [6, 6.07) is 21.3. The van der Waals surface area contributed by atoms with Gasteiger partial charge in [-0.15, -0.1) is 0 Å². The molecule has 2 heterocycles. The van der Waals surface area contributed by atoms with Crippen LogP contribution in [-0.4, -0.2) is 77.5 Å². The average Bonchev–Trinajstić information content (AvgIpc) is 3.28. The second kappa shape index (κ2) is 14.2. The smallest absolute Gasteiger partial charge is 0.326 e. The summed E-state index contributed by atoms with van der Waals surface area (Å²) >= 11 is 12.8. The van der Waals surface area contributed by atoms with Crippen molar-refractivity contribution in [3.63, 3.8) is 0 Å². The third-order valence-electron chi connectivity index (χ3n) is 9.74. The number of hydrogen-bond acceptors (Lipinski definition) is 6. The summed E-state index contributed by atoms with van der Waals surface area (Å²) in [5.74, 6) is 0.907. The monoisotopic (exact) mass is 720 g/mol. The lowest BCUT2D eigenvalue weighted by Gasteiger charge is -2.47. The van der Waals surface area contributed by atoms with Crippen molar-refractivity contribution in [3.8, 4) is 5.75 Å². The Hall–Kier alpha value is -3.59. The van der Waals surface area contributed by atoms with Crippen molar-refractivity contribution in [2.24, 2.45) is 4.99 Å². The molecule has 0 bridgehead atoms. The van der Waals surface area contributed by atoms with Gasteiger partial charge in [0.1, 0.15) is 28.3 Å². The molecule has 3 aromatic carbocycles. The minimum Gasteiger partial charge on any atom is -0.493 e. The number of hydrogen-bond donors (Lipinski definition) is 0. The predicted molar refractivity (Wildman–Crippen MR) is 202 cm³/mol. The molecular weight excluding hydrogens is 671 g/mol. The van der Waals surface area contributed by atoms with Crippen LogP contribution in [0.2, 0.25) is 10.0 Å². The van der Waals surface area contributed by atoms with E-state index >= 15 is 4.79 Å². The summed E-state index contributed by atoms with van der Waals surface area (Å²) in [5.41, 5.74) is 0.968. The number of amidine groups is 1. The quantitative estimate of drug-likeness (QED) is 0.229. The Balaban J connectivity index is 1.64. The van der Waals surface area contributed by atoms with E-state index in [1.807, 2.05) is 97.0 Å². The second-order valence-electron chi connectivity index (χ2n) is 15.5. The first-order valence-electron chi connectivity index (χ1n) is 17.3. The Labute approximate surface area is 307 Å². The lowest BCUT2D eigenvalue weighted by atomic mass is 9.71. The molecule has 2 amide bonds. The maximum Gasteiger partial charge on any atom is 0.326 e. The van der Waals surface area contributed by atoms with Gasteiger partial charge in [0.05, 0.1) is 18.7 Å². The van der Waals surface area contributed by atoms with E-state index in [1.165, 1.54) is 0 Å². The minimum atomic E-state index is -1.02. The number of aliphatic imine (C=N–C) groups is 1. The SMILES string of the molecule is CCOc1cc(C(C)(C)C)ccc1C1=NC(C)(c2ccc(Cl)cc2)C(C)(c2ccc(Cl)cc2)N1C(=O)N1CCN(CC(=O)OC(C)(C)C)CC1. The highest BCUT2D eigenvalue weighted by atomic mass is 35.5. The number of benzene rings is 3. The van der Waals surface area contributed by atoms with Crippen LogP contribution in [-0.2, 0) is 26.0 Å². The van der Waals surface area contributed by atoms with Crippen LogP contribution in [0.4, 0.5) is 4.79 Å². The molecule has 0 N–H and O–H groups in total. The molecular formula is C40H50Cl2N4O4. The average molecular weight is 722 g/mol. The van der Waals surface area contributed by atoms with Gasteiger partial charge >= 0.3 is 12.0 Å². The molecule has 1 saturated heterocycles. The van der Waals surface area contributed by atoms with Gasteiger partial charge in [0.15, 0.2) is 0 Å². The van der Waals surface area contributed by atoms with Crippen LogP contribution in [0, 0.1) is 0 Å². The van der Waals surface area contributed by atoms with E-state index in [0.717, 1.165) is 22.3 Å². The van der Waals surface area contributed by atoms with Crippen molar-refractivity contribution in [2.45, 2.75) is 84.4 Å². The molecule has 3 aromatic rings. The van der Waals surface area contributed by atoms with Crippen molar-refractivity contribution in [1.82, 2.24) is 14.7 Å². The fourth-order valence-electron chi connectivity index (χ4n) is 6.81. The van der Waals surface area contributed by atoms with E-state index in [2.05, 4.69) is 46.8 Å². The molecule has 1 fully saturated rings. The van der Waals surface area contributed by atoms with Gasteiger partial charge in [0.2, 0.25) is 0 Å². The Bertz CT molecular complexity index is 1740. The first-order chi connectivity index (χ1) is 23.4. The van der Waals surface area contributed by atoms with E-state index in [1.54, 1.807) is 0 Å². The Morgan fingerprint density at radius 3 is 1.90 bits per heavy atom. The van der Waals surface area contributed by atoms with E-state index in [-0.39, 0.29) is 24.0 Å². The summed E-state index contributed by atoms with van der Waals surface area (Å²) in [5, 5.41) is 1.21. The number of urea groups is 1. The molecule has 0 saturated carbocycles. The van der Waals surface area contributed by atoms with Gasteiger partial charge < -0.3 is 14.4 Å². The number of rotatable bonds is 7. The normalized spacial score (nSPS) is 21.6. The lowest BCUT2D eigenvalue weighted by molar-refractivity contribution is -0.156. The number of carbonyl (C=O) groups is 2. The van der Waals surface area contributed by atoms with Crippen LogP contribution in [0.25, 0.3) is 0 Å². The molecule has 0 aromatic heterocycles. The zero-order valence-corrected chi connectivity index (χ0v) is 32.3. The van der Waals surface area contributed by atoms with Gasteiger partial charge in [0.25, 0.3) is 0 Å². The number of amides is 2. The largest absolute Gasteiger partial charge is 0.493 e. The molecule has 268 valence electrons. The highest BCUT2D eigenvalue weighted by molar-refractivity contribution is 6.30. The molecule has 2 aliphatic rings. The van der Waals surface area contributed by atoms with Crippen LogP contribution in [0.5, 0.6) is 5.75 Å². The third kappa shape index (κ3) is 7.53. The van der Waals surface area contributed by atoms with Crippen LogP contribution in [0.3, 0.4) is 0 Å². The molecule has 2 atom stereocenters. The number of esters is 1. The van der Waals surface area contributed by atoms with Crippen LogP contribution in [0.15, 0.2) is 71.7 Å². The Morgan fingerprint density at radius 1 is 0.820 bits per heavy atom. The highest BCUT2D eigenvalue weighted by Crippen LogP contribution is 2.54. The summed E-state index contributed by atoms with van der Waals surface area (Å²) in [7, 11) is 0. The number of ether oxygens (including phenoxy) is 2. The maximum absolute atomic E-state index is 15.2. The maximum atomic E-state index is 15.2. The topological polar surface area (TPSA) is 74.7 Å². The molecule has 2 aliphatic heterocycles. The molecule has 10 heteroatoms. The van der Waals surface area contributed by atoms with E-state index < -0.39 is 16.7 Å². The van der Waals surface area contributed by atoms with Gasteiger partial charge in [-0.1, -0.05) is 74.3 Å². The summed E-state index contributed by atoms with van der Waals surface area (Å²) in [4.78, 5) is 39.1. The minimum absolute atomic E-state index is 0.119. The van der Waals surface area contributed by atoms with E-state index in [0.29, 0.717) is 54.4 Å². The zero-order valence-electron chi connectivity index (χ0n) is 30.8. The van der Waals surface area contributed by atoms with E-state index in [9.17, 15) is 4.79 Å².